The highest BCUT2D eigenvalue weighted by atomic mass is 16.5. The smallest absolute Gasteiger partial charge is 0.235 e. The third-order valence-electron chi connectivity index (χ3n) is 3.72. The number of para-hydroxylation sites is 1. The fourth-order valence-electron chi connectivity index (χ4n) is 2.48. The van der Waals surface area contributed by atoms with Crippen LogP contribution < -0.4 is 15.8 Å². The number of amides is 1. The van der Waals surface area contributed by atoms with Crippen LogP contribution >= 0.6 is 0 Å². The van der Waals surface area contributed by atoms with Crippen LogP contribution in [0.5, 0.6) is 5.75 Å². The van der Waals surface area contributed by atoms with Crippen LogP contribution in [0.15, 0.2) is 48.5 Å². The molecule has 3 N–H and O–H groups in total. The van der Waals surface area contributed by atoms with Gasteiger partial charge in [0.25, 0.3) is 0 Å². The summed E-state index contributed by atoms with van der Waals surface area (Å²) in [5, 5.41) is 2.93. The average Bonchev–Trinajstić information content (AvgIpc) is 2.92. The fraction of sp³-hybridized carbons (Fsp3) is 0.235. The lowest BCUT2D eigenvalue weighted by Gasteiger charge is -2.11. The quantitative estimate of drug-likeness (QED) is 0.909. The lowest BCUT2D eigenvalue weighted by molar-refractivity contribution is -0.117. The minimum absolute atomic E-state index is 0.00939. The van der Waals surface area contributed by atoms with Crippen LogP contribution in [0, 0.1) is 0 Å². The molecule has 0 saturated heterocycles. The Labute approximate surface area is 123 Å². The molecule has 4 heteroatoms. The van der Waals surface area contributed by atoms with Crippen LogP contribution in [-0.2, 0) is 4.79 Å². The van der Waals surface area contributed by atoms with Gasteiger partial charge in [0.05, 0.1) is 0 Å². The second kappa shape index (κ2) is 5.58. The van der Waals surface area contributed by atoms with Crippen LogP contribution in [0.3, 0.4) is 0 Å². The molecule has 0 fully saturated rings. The van der Waals surface area contributed by atoms with E-state index in [0.29, 0.717) is 6.61 Å². The molecule has 0 aliphatic carbocycles. The Morgan fingerprint density at radius 1 is 1.24 bits per heavy atom. The highest BCUT2D eigenvalue weighted by Crippen LogP contribution is 2.34. The van der Waals surface area contributed by atoms with E-state index in [9.17, 15) is 4.79 Å². The lowest BCUT2D eigenvalue weighted by atomic mass is 10.0. The Bertz CT molecular complexity index is 650. The number of ether oxygens (including phenoxy) is 1. The zero-order chi connectivity index (χ0) is 14.8. The van der Waals surface area contributed by atoms with Crippen molar-refractivity contribution in [2.24, 2.45) is 5.73 Å². The number of hydrogen-bond donors (Lipinski definition) is 2. The number of carbonyl (C=O) groups excluding carboxylic acids is 1. The summed E-state index contributed by atoms with van der Waals surface area (Å²) in [6.07, 6.45) is 0. The molecule has 0 spiro atoms. The van der Waals surface area contributed by atoms with Crippen molar-refractivity contribution in [1.82, 2.24) is 0 Å². The molecule has 0 bridgehead atoms. The Kier molecular flexibility index (Phi) is 3.62. The second-order valence-corrected chi connectivity index (χ2v) is 5.30. The van der Waals surface area contributed by atoms with Crippen LogP contribution in [-0.4, -0.2) is 12.5 Å². The highest BCUT2D eigenvalue weighted by Gasteiger charge is 2.29. The molecule has 2 atom stereocenters. The molecule has 21 heavy (non-hydrogen) atoms. The maximum Gasteiger partial charge on any atom is 0.235 e. The molecule has 0 saturated carbocycles. The molecule has 0 radical (unpaired) electrons. The van der Waals surface area contributed by atoms with Crippen molar-refractivity contribution >= 4 is 11.6 Å². The van der Waals surface area contributed by atoms with E-state index in [1.165, 1.54) is 0 Å². The zero-order valence-corrected chi connectivity index (χ0v) is 11.9. The third kappa shape index (κ3) is 2.76. The summed E-state index contributed by atoms with van der Waals surface area (Å²) in [4.78, 5) is 12.4. The van der Waals surface area contributed by atoms with Crippen molar-refractivity contribution in [2.75, 3.05) is 11.9 Å². The summed E-state index contributed by atoms with van der Waals surface area (Å²) < 4.78 is 5.54. The molecule has 3 rings (SSSR count). The molecule has 2 aromatic rings. The van der Waals surface area contributed by atoms with Crippen molar-refractivity contribution in [2.45, 2.75) is 18.9 Å². The van der Waals surface area contributed by atoms with Gasteiger partial charge in [-0.1, -0.05) is 30.3 Å². The number of nitrogens with two attached hydrogens (primary N) is 1. The first-order valence-electron chi connectivity index (χ1n) is 7.03. The number of rotatable bonds is 3. The largest absolute Gasteiger partial charge is 0.492 e. The van der Waals surface area contributed by atoms with E-state index >= 15 is 0 Å². The average molecular weight is 282 g/mol. The Morgan fingerprint density at radius 2 is 1.95 bits per heavy atom. The Balaban J connectivity index is 1.73. The highest BCUT2D eigenvalue weighted by molar-refractivity contribution is 5.96. The van der Waals surface area contributed by atoms with Gasteiger partial charge in [0.1, 0.15) is 18.3 Å². The molecule has 1 heterocycles. The molecule has 1 amide bonds. The molecule has 1 aliphatic rings. The normalized spacial score (nSPS) is 17.7. The Morgan fingerprint density at radius 3 is 2.67 bits per heavy atom. The minimum atomic E-state index is -0.255. The van der Waals surface area contributed by atoms with Crippen molar-refractivity contribution in [3.8, 4) is 5.75 Å². The predicted octanol–water partition coefficient (Wildman–Crippen LogP) is 2.82. The van der Waals surface area contributed by atoms with Gasteiger partial charge >= 0.3 is 0 Å². The van der Waals surface area contributed by atoms with E-state index in [0.717, 1.165) is 22.6 Å². The van der Waals surface area contributed by atoms with Crippen LogP contribution in [0.1, 0.15) is 30.0 Å². The van der Waals surface area contributed by atoms with Gasteiger partial charge in [0.2, 0.25) is 5.91 Å². The number of nitrogens with one attached hydrogen (secondary N) is 1. The standard InChI is InChI=1S/C17H18N2O2/c1-11(18)12-6-8-13(9-7-12)19-17(20)15-10-21-16-5-3-2-4-14(15)16/h2-9,11,15H,10,18H2,1H3,(H,19,20). The number of fused-ring (bicyclic) bond motifs is 1. The summed E-state index contributed by atoms with van der Waals surface area (Å²) in [5.41, 5.74) is 8.58. The molecule has 108 valence electrons. The zero-order valence-electron chi connectivity index (χ0n) is 11.9. The molecule has 4 nitrogen and oxygen atoms in total. The molecule has 0 aromatic heterocycles. The second-order valence-electron chi connectivity index (χ2n) is 5.30. The van der Waals surface area contributed by atoms with Gasteiger partial charge in [-0.05, 0) is 30.7 Å². The van der Waals surface area contributed by atoms with Gasteiger partial charge in [-0.2, -0.15) is 0 Å². The van der Waals surface area contributed by atoms with Crippen LogP contribution in [0.4, 0.5) is 5.69 Å². The first kappa shape index (κ1) is 13.6. The first-order valence-corrected chi connectivity index (χ1v) is 7.03. The summed E-state index contributed by atoms with van der Waals surface area (Å²) in [7, 11) is 0. The Hall–Kier alpha value is -2.33. The molecule has 1 aliphatic heterocycles. The fourth-order valence-corrected chi connectivity index (χ4v) is 2.48. The SMILES string of the molecule is CC(N)c1ccc(NC(=O)C2COc3ccccc32)cc1. The van der Waals surface area contributed by atoms with Crippen molar-refractivity contribution in [3.05, 3.63) is 59.7 Å². The van der Waals surface area contributed by atoms with Gasteiger partial charge in [0, 0.05) is 17.3 Å². The van der Waals surface area contributed by atoms with Gasteiger partial charge in [-0.25, -0.2) is 0 Å². The monoisotopic (exact) mass is 282 g/mol. The maximum atomic E-state index is 12.4. The summed E-state index contributed by atoms with van der Waals surface area (Å²) in [5.74, 6) is 0.493. The van der Waals surface area contributed by atoms with Crippen LogP contribution in [0.2, 0.25) is 0 Å². The summed E-state index contributed by atoms with van der Waals surface area (Å²) in [6.45, 7) is 2.32. The van der Waals surface area contributed by atoms with Crippen LogP contribution in [0.25, 0.3) is 0 Å². The number of anilines is 1. The molecular formula is C17H18N2O2. The van der Waals surface area contributed by atoms with Crippen molar-refractivity contribution < 1.29 is 9.53 Å². The number of carbonyl (C=O) groups is 1. The summed E-state index contributed by atoms with van der Waals surface area (Å²) in [6, 6.07) is 15.3. The third-order valence-corrected chi connectivity index (χ3v) is 3.72. The number of benzene rings is 2. The van der Waals surface area contributed by atoms with E-state index in [-0.39, 0.29) is 17.9 Å². The van der Waals surface area contributed by atoms with Gasteiger partial charge in [-0.3, -0.25) is 4.79 Å². The van der Waals surface area contributed by atoms with E-state index in [4.69, 9.17) is 10.5 Å². The topological polar surface area (TPSA) is 64.3 Å². The van der Waals surface area contributed by atoms with E-state index in [2.05, 4.69) is 5.32 Å². The molecule has 2 unspecified atom stereocenters. The maximum absolute atomic E-state index is 12.4. The minimum Gasteiger partial charge on any atom is -0.492 e. The molecule has 2 aromatic carbocycles. The van der Waals surface area contributed by atoms with E-state index in [1.807, 2.05) is 55.5 Å². The van der Waals surface area contributed by atoms with Gasteiger partial charge in [0.15, 0.2) is 0 Å². The summed E-state index contributed by atoms with van der Waals surface area (Å²) >= 11 is 0. The van der Waals surface area contributed by atoms with E-state index < -0.39 is 0 Å². The first-order chi connectivity index (χ1) is 10.1. The lowest BCUT2D eigenvalue weighted by Crippen LogP contribution is -2.22. The van der Waals surface area contributed by atoms with Gasteiger partial charge in [-0.15, -0.1) is 0 Å². The molecular weight excluding hydrogens is 264 g/mol. The van der Waals surface area contributed by atoms with Crippen molar-refractivity contribution in [1.29, 1.82) is 0 Å². The number of hydrogen-bond acceptors (Lipinski definition) is 3. The van der Waals surface area contributed by atoms with Crippen molar-refractivity contribution in [3.63, 3.8) is 0 Å². The predicted molar refractivity (Wildman–Crippen MR) is 82.4 cm³/mol. The van der Waals surface area contributed by atoms with E-state index in [1.54, 1.807) is 0 Å². The van der Waals surface area contributed by atoms with Gasteiger partial charge < -0.3 is 15.8 Å².